The van der Waals surface area contributed by atoms with Crippen molar-refractivity contribution < 1.29 is 0 Å². The van der Waals surface area contributed by atoms with Gasteiger partial charge in [0.2, 0.25) is 0 Å². The first-order chi connectivity index (χ1) is 34.7. The van der Waals surface area contributed by atoms with Crippen LogP contribution in [-0.2, 0) is 5.41 Å². The number of anilines is 3. The summed E-state index contributed by atoms with van der Waals surface area (Å²) >= 11 is 0. The molecule has 0 bridgehead atoms. The second-order valence-corrected chi connectivity index (χ2v) is 18.4. The average molecular weight is 890 g/mol. The lowest BCUT2D eigenvalue weighted by molar-refractivity contribution is 0.768. The van der Waals surface area contributed by atoms with E-state index < -0.39 is 5.41 Å². The van der Waals surface area contributed by atoms with Gasteiger partial charge in [0.05, 0.1) is 11.1 Å². The Bertz CT molecular complexity index is 3810. The molecule has 328 valence electrons. The zero-order valence-electron chi connectivity index (χ0n) is 38.6. The Kier molecular flexibility index (Phi) is 10.1. The van der Waals surface area contributed by atoms with Gasteiger partial charge in [-0.15, -0.1) is 0 Å². The van der Waals surface area contributed by atoms with Crippen LogP contribution >= 0.6 is 0 Å². The minimum absolute atomic E-state index is 0.476. The number of hydrogen-bond donors (Lipinski definition) is 0. The minimum atomic E-state index is -0.476. The highest BCUT2D eigenvalue weighted by Crippen LogP contribution is 2.58. The normalized spacial score (nSPS) is 12.4. The maximum absolute atomic E-state index is 2.43. The monoisotopic (exact) mass is 889 g/mol. The van der Waals surface area contributed by atoms with Gasteiger partial charge in [0.25, 0.3) is 0 Å². The van der Waals surface area contributed by atoms with Gasteiger partial charge in [0.1, 0.15) is 0 Å². The molecular weight excluding hydrogens is 843 g/mol. The van der Waals surface area contributed by atoms with Crippen molar-refractivity contribution in [2.75, 3.05) is 4.90 Å². The third-order valence-electron chi connectivity index (χ3n) is 14.5. The van der Waals surface area contributed by atoms with Gasteiger partial charge in [-0.2, -0.15) is 0 Å². The van der Waals surface area contributed by atoms with Crippen molar-refractivity contribution in [3.8, 4) is 55.6 Å². The quantitative estimate of drug-likeness (QED) is 0.140. The Morgan fingerprint density at radius 3 is 1.44 bits per heavy atom. The molecular formula is C69H47N. The Balaban J connectivity index is 0.975. The zero-order valence-corrected chi connectivity index (χ0v) is 38.6. The molecule has 0 aliphatic heterocycles. The van der Waals surface area contributed by atoms with E-state index in [1.807, 2.05) is 0 Å². The molecule has 0 radical (unpaired) electrons. The summed E-state index contributed by atoms with van der Waals surface area (Å²) in [6.07, 6.45) is 0. The lowest BCUT2D eigenvalue weighted by atomic mass is 9.67. The fraction of sp³-hybridized carbons (Fsp3) is 0.0145. The molecule has 0 amide bonds. The molecule has 0 saturated heterocycles. The third kappa shape index (κ3) is 6.86. The Morgan fingerprint density at radius 2 is 0.729 bits per heavy atom. The third-order valence-corrected chi connectivity index (χ3v) is 14.5. The molecule has 12 aromatic carbocycles. The van der Waals surface area contributed by atoms with E-state index in [9.17, 15) is 0 Å². The van der Waals surface area contributed by atoms with Gasteiger partial charge < -0.3 is 4.90 Å². The molecule has 0 fully saturated rings. The van der Waals surface area contributed by atoms with Crippen LogP contribution in [0.2, 0.25) is 0 Å². The van der Waals surface area contributed by atoms with Gasteiger partial charge in [-0.3, -0.25) is 0 Å². The van der Waals surface area contributed by atoms with E-state index in [4.69, 9.17) is 0 Å². The van der Waals surface area contributed by atoms with Crippen LogP contribution in [0.25, 0.3) is 77.2 Å². The molecule has 12 aromatic rings. The first-order valence-electron chi connectivity index (χ1n) is 24.2. The highest BCUT2D eigenvalue weighted by atomic mass is 15.1. The second kappa shape index (κ2) is 17.2. The number of benzene rings is 12. The lowest BCUT2D eigenvalue weighted by Crippen LogP contribution is -2.28. The number of nitrogens with zero attached hydrogens (tertiary/aromatic N) is 1. The maximum atomic E-state index is 2.43. The van der Waals surface area contributed by atoms with Gasteiger partial charge in [0.15, 0.2) is 0 Å². The highest BCUT2D eigenvalue weighted by molar-refractivity contribution is 6.04. The molecule has 1 nitrogen and oxygen atoms in total. The van der Waals surface area contributed by atoms with Crippen molar-refractivity contribution in [2.24, 2.45) is 0 Å². The van der Waals surface area contributed by atoms with E-state index in [-0.39, 0.29) is 0 Å². The first kappa shape index (κ1) is 41.2. The summed E-state index contributed by atoms with van der Waals surface area (Å²) in [6, 6.07) is 105. The van der Waals surface area contributed by atoms with Gasteiger partial charge in [-0.05, 0) is 137 Å². The Morgan fingerprint density at radius 1 is 0.257 bits per heavy atom. The highest BCUT2D eigenvalue weighted by Gasteiger charge is 2.46. The van der Waals surface area contributed by atoms with E-state index >= 15 is 0 Å². The van der Waals surface area contributed by atoms with Crippen LogP contribution in [0.15, 0.2) is 285 Å². The van der Waals surface area contributed by atoms with Gasteiger partial charge in [-0.1, -0.05) is 243 Å². The van der Waals surface area contributed by atoms with Gasteiger partial charge in [-0.25, -0.2) is 0 Å². The Hall–Kier alpha value is -9.04. The van der Waals surface area contributed by atoms with Crippen LogP contribution in [0, 0.1) is 0 Å². The molecule has 0 atom stereocenters. The van der Waals surface area contributed by atoms with Crippen molar-refractivity contribution in [1.82, 2.24) is 0 Å². The summed E-state index contributed by atoms with van der Waals surface area (Å²) in [6.45, 7) is 0. The standard InChI is InChI=1S/C69H47N/c1-4-18-48(19-5-1)53-23-14-24-54(46-53)49-38-42-58(43-39-49)70(59-44-40-52(41-45-59)61-31-15-21-50-20-10-11-29-60(50)61)67-35-16-22-51-36-37-55(47-64(51)67)62-32-17-34-66-68(62)63-30-12-13-33-65(63)69(66,56-25-6-2-7-26-56)57-27-8-3-9-28-57/h1-47H. The zero-order chi connectivity index (χ0) is 46.4. The van der Waals surface area contributed by atoms with Crippen molar-refractivity contribution in [3.63, 3.8) is 0 Å². The van der Waals surface area contributed by atoms with Crippen molar-refractivity contribution in [2.45, 2.75) is 5.41 Å². The summed E-state index contributed by atoms with van der Waals surface area (Å²) in [5, 5.41) is 4.86. The fourth-order valence-corrected chi connectivity index (χ4v) is 11.4. The van der Waals surface area contributed by atoms with Crippen LogP contribution in [0.1, 0.15) is 22.3 Å². The average Bonchev–Trinajstić information content (AvgIpc) is 3.75. The fourth-order valence-electron chi connectivity index (χ4n) is 11.4. The molecule has 13 rings (SSSR count). The van der Waals surface area contributed by atoms with Crippen molar-refractivity contribution >= 4 is 38.6 Å². The summed E-state index contributed by atoms with van der Waals surface area (Å²) in [4.78, 5) is 2.43. The molecule has 70 heavy (non-hydrogen) atoms. The van der Waals surface area contributed by atoms with Crippen molar-refractivity contribution in [3.05, 3.63) is 307 Å². The van der Waals surface area contributed by atoms with Crippen LogP contribution in [-0.4, -0.2) is 0 Å². The van der Waals surface area contributed by atoms with Crippen LogP contribution in [0.4, 0.5) is 17.1 Å². The molecule has 1 aliphatic rings. The Labute approximate surface area is 409 Å². The topological polar surface area (TPSA) is 3.24 Å². The van der Waals surface area contributed by atoms with E-state index in [0.717, 1.165) is 17.1 Å². The minimum Gasteiger partial charge on any atom is -0.310 e. The maximum Gasteiger partial charge on any atom is 0.0713 e. The van der Waals surface area contributed by atoms with E-state index in [1.165, 1.54) is 99.4 Å². The van der Waals surface area contributed by atoms with Crippen LogP contribution in [0.3, 0.4) is 0 Å². The number of fused-ring (bicyclic) bond motifs is 5. The molecule has 0 aromatic heterocycles. The second-order valence-electron chi connectivity index (χ2n) is 18.4. The van der Waals surface area contributed by atoms with Crippen LogP contribution in [0.5, 0.6) is 0 Å². The van der Waals surface area contributed by atoms with Gasteiger partial charge >= 0.3 is 0 Å². The summed E-state index contributed by atoms with van der Waals surface area (Å²) in [7, 11) is 0. The molecule has 0 saturated carbocycles. The summed E-state index contributed by atoms with van der Waals surface area (Å²) in [5.41, 5.74) is 20.1. The largest absolute Gasteiger partial charge is 0.310 e. The summed E-state index contributed by atoms with van der Waals surface area (Å²) in [5.74, 6) is 0. The van der Waals surface area contributed by atoms with E-state index in [0.29, 0.717) is 0 Å². The first-order valence-corrected chi connectivity index (χ1v) is 24.2. The van der Waals surface area contributed by atoms with Crippen LogP contribution < -0.4 is 4.90 Å². The molecule has 0 heterocycles. The predicted octanol–water partition coefficient (Wildman–Crippen LogP) is 18.5. The number of rotatable bonds is 9. The van der Waals surface area contributed by atoms with Crippen molar-refractivity contribution in [1.29, 1.82) is 0 Å². The smallest absolute Gasteiger partial charge is 0.0713 e. The summed E-state index contributed by atoms with van der Waals surface area (Å²) < 4.78 is 0. The number of hydrogen-bond acceptors (Lipinski definition) is 1. The molecule has 1 aliphatic carbocycles. The van der Waals surface area contributed by atoms with E-state index in [2.05, 4.69) is 290 Å². The molecule has 0 spiro atoms. The predicted molar refractivity (Wildman–Crippen MR) is 295 cm³/mol. The lowest BCUT2D eigenvalue weighted by Gasteiger charge is -2.34. The SMILES string of the molecule is c1ccc(-c2cccc(-c3ccc(N(c4ccc(-c5cccc6ccccc56)cc4)c4cccc5ccc(-c6cccc7c6-c6ccccc6C7(c6ccccc6)c6ccccc6)cc45)cc3)c2)cc1. The molecule has 0 unspecified atom stereocenters. The molecule has 0 N–H and O–H groups in total. The molecule has 1 heteroatoms. The van der Waals surface area contributed by atoms with E-state index in [1.54, 1.807) is 0 Å². The van der Waals surface area contributed by atoms with Gasteiger partial charge in [0, 0.05) is 16.8 Å².